The number of nitrogens with zero attached hydrogens (tertiary/aromatic N) is 4. The van der Waals surface area contributed by atoms with Crippen LogP contribution in [0.15, 0.2) is 73.2 Å². The Labute approximate surface area is 232 Å². The lowest BCUT2D eigenvalue weighted by Crippen LogP contribution is -2.29. The summed E-state index contributed by atoms with van der Waals surface area (Å²) in [7, 11) is 3.04. The maximum absolute atomic E-state index is 12.4. The fourth-order valence-corrected chi connectivity index (χ4v) is 5.53. The molecule has 200 valence electrons. The summed E-state index contributed by atoms with van der Waals surface area (Å²) < 4.78 is 12.7. The van der Waals surface area contributed by atoms with E-state index in [0.29, 0.717) is 16.5 Å². The summed E-state index contributed by atoms with van der Waals surface area (Å²) >= 11 is 5.92. The molecule has 1 saturated heterocycles. The van der Waals surface area contributed by atoms with E-state index < -0.39 is 0 Å². The van der Waals surface area contributed by atoms with E-state index in [0.717, 1.165) is 34.0 Å². The number of benzene rings is 1. The first-order chi connectivity index (χ1) is 18.9. The fraction of sp³-hybridized carbons (Fsp3) is 0.241. The van der Waals surface area contributed by atoms with Gasteiger partial charge in [0, 0.05) is 36.6 Å². The highest BCUT2D eigenvalue weighted by molar-refractivity contribution is 7.80. The molecule has 0 radical (unpaired) electrons. The van der Waals surface area contributed by atoms with Gasteiger partial charge in [0.15, 0.2) is 5.11 Å². The number of nitrogens with one attached hydrogen (secondary N) is 2. The predicted molar refractivity (Wildman–Crippen MR) is 154 cm³/mol. The Kier molecular flexibility index (Phi) is 7.58. The van der Waals surface area contributed by atoms with Gasteiger partial charge in [0.1, 0.15) is 12.4 Å². The molecule has 0 bridgehead atoms. The lowest BCUT2D eigenvalue weighted by molar-refractivity contribution is -0.119. The van der Waals surface area contributed by atoms with Crippen molar-refractivity contribution in [3.05, 3.63) is 95.8 Å². The Morgan fingerprint density at radius 2 is 1.92 bits per heavy atom. The Hall–Kier alpha value is -4.28. The first-order valence-electron chi connectivity index (χ1n) is 12.5. The number of rotatable bonds is 8. The number of hydrogen-bond donors (Lipinski definition) is 2. The number of thiocarbonyl (C=S) groups is 1. The molecule has 2 N–H and O–H groups in total. The van der Waals surface area contributed by atoms with E-state index in [1.54, 1.807) is 19.5 Å². The maximum Gasteiger partial charge on any atom is 0.250 e. The summed E-state index contributed by atoms with van der Waals surface area (Å²) in [6, 6.07) is 17.2. The van der Waals surface area contributed by atoms with Crippen molar-refractivity contribution < 1.29 is 14.3 Å². The highest BCUT2D eigenvalue weighted by atomic mass is 32.1. The maximum atomic E-state index is 12.4. The zero-order valence-corrected chi connectivity index (χ0v) is 23.0. The van der Waals surface area contributed by atoms with Crippen molar-refractivity contribution in [2.45, 2.75) is 25.9 Å². The topological polar surface area (TPSA) is 93.5 Å². The smallest absolute Gasteiger partial charge is 0.250 e. The first kappa shape index (κ1) is 26.3. The number of amides is 1. The van der Waals surface area contributed by atoms with Crippen LogP contribution in [0.5, 0.6) is 5.75 Å². The van der Waals surface area contributed by atoms with Crippen LogP contribution in [0.1, 0.15) is 34.7 Å². The van der Waals surface area contributed by atoms with Crippen molar-refractivity contribution in [2.24, 2.45) is 0 Å². The Morgan fingerprint density at radius 1 is 1.08 bits per heavy atom. The van der Waals surface area contributed by atoms with E-state index >= 15 is 0 Å². The average Bonchev–Trinajstić information content (AvgIpc) is 3.44. The fourth-order valence-electron chi connectivity index (χ4n) is 5.18. The number of ether oxygens (including phenoxy) is 2. The number of anilines is 2. The van der Waals surface area contributed by atoms with Crippen molar-refractivity contribution >= 4 is 34.6 Å². The minimum atomic E-state index is -0.280. The van der Waals surface area contributed by atoms with E-state index in [1.165, 1.54) is 7.11 Å². The second-order valence-corrected chi connectivity index (χ2v) is 9.62. The number of hydrogen-bond acceptors (Lipinski definition) is 6. The summed E-state index contributed by atoms with van der Waals surface area (Å²) in [4.78, 5) is 23.4. The van der Waals surface area contributed by atoms with Crippen LogP contribution in [0, 0.1) is 13.8 Å². The SMILES string of the molecule is COCC(=O)Nc1cc(N2C(=S)N[C@@H](c3ccccn3)[C@@H]2c2cc(C)n(-c3cccnc3)c2C)ccc1OC. The molecule has 1 aliphatic rings. The van der Waals surface area contributed by atoms with Crippen LogP contribution in [0.25, 0.3) is 5.69 Å². The molecule has 0 saturated carbocycles. The van der Waals surface area contributed by atoms with Crippen LogP contribution < -0.4 is 20.3 Å². The number of carbonyl (C=O) groups is 1. The largest absolute Gasteiger partial charge is 0.495 e. The van der Waals surface area contributed by atoms with Crippen LogP contribution in [-0.2, 0) is 9.53 Å². The lowest BCUT2D eigenvalue weighted by atomic mass is 9.96. The molecule has 1 aliphatic heterocycles. The minimum absolute atomic E-state index is 0.0677. The third kappa shape index (κ3) is 5.08. The highest BCUT2D eigenvalue weighted by Crippen LogP contribution is 2.45. The van der Waals surface area contributed by atoms with Gasteiger partial charge < -0.3 is 29.6 Å². The molecule has 9 nitrogen and oxygen atoms in total. The van der Waals surface area contributed by atoms with Gasteiger partial charge in [-0.15, -0.1) is 0 Å². The number of carbonyl (C=O) groups excluding carboxylic acids is 1. The van der Waals surface area contributed by atoms with Gasteiger partial charge in [0.25, 0.3) is 0 Å². The van der Waals surface area contributed by atoms with E-state index in [2.05, 4.69) is 50.0 Å². The van der Waals surface area contributed by atoms with E-state index in [-0.39, 0.29) is 24.6 Å². The van der Waals surface area contributed by atoms with Crippen LogP contribution in [0.2, 0.25) is 0 Å². The van der Waals surface area contributed by atoms with Gasteiger partial charge >= 0.3 is 0 Å². The number of pyridine rings is 2. The molecular formula is C29H30N6O3S. The molecular weight excluding hydrogens is 512 g/mol. The minimum Gasteiger partial charge on any atom is -0.495 e. The second kappa shape index (κ2) is 11.2. The molecule has 10 heteroatoms. The average molecular weight is 543 g/mol. The van der Waals surface area contributed by atoms with Crippen LogP contribution in [0.3, 0.4) is 0 Å². The quantitative estimate of drug-likeness (QED) is 0.311. The standard InChI is InChI=1S/C29H30N6O3S/c1-18-14-22(19(2)34(18)21-8-7-12-30-16-21)28-27(23-9-5-6-13-31-23)33-29(39)35(28)20-10-11-25(38-4)24(15-20)32-26(36)17-37-3/h5-16,27-28H,17H2,1-4H3,(H,32,36)(H,33,39)/t27-,28-/m0/s1. The Morgan fingerprint density at radius 3 is 2.62 bits per heavy atom. The summed E-state index contributed by atoms with van der Waals surface area (Å²) in [6.45, 7) is 4.12. The monoisotopic (exact) mass is 542 g/mol. The van der Waals surface area contributed by atoms with Gasteiger partial charge in [0.05, 0.1) is 42.5 Å². The molecule has 39 heavy (non-hydrogen) atoms. The van der Waals surface area contributed by atoms with Gasteiger partial charge in [-0.25, -0.2) is 0 Å². The zero-order valence-electron chi connectivity index (χ0n) is 22.2. The number of aromatic nitrogens is 3. The van der Waals surface area contributed by atoms with E-state index in [9.17, 15) is 4.79 Å². The number of methoxy groups -OCH3 is 2. The van der Waals surface area contributed by atoms with Crippen LogP contribution >= 0.6 is 12.2 Å². The van der Waals surface area contributed by atoms with Crippen molar-refractivity contribution in [2.75, 3.05) is 31.0 Å². The zero-order chi connectivity index (χ0) is 27.5. The summed E-state index contributed by atoms with van der Waals surface area (Å²) in [5.74, 6) is 0.256. The van der Waals surface area contributed by atoms with Crippen molar-refractivity contribution in [3.63, 3.8) is 0 Å². The molecule has 4 aromatic rings. The van der Waals surface area contributed by atoms with Gasteiger partial charge in [0.2, 0.25) is 5.91 Å². The molecule has 3 aromatic heterocycles. The molecule has 1 fully saturated rings. The molecule has 4 heterocycles. The predicted octanol–water partition coefficient (Wildman–Crippen LogP) is 4.65. The summed E-state index contributed by atoms with van der Waals surface area (Å²) in [5.41, 5.74) is 6.44. The molecule has 2 atom stereocenters. The van der Waals surface area contributed by atoms with Gasteiger partial charge in [-0.3, -0.25) is 14.8 Å². The highest BCUT2D eigenvalue weighted by Gasteiger charge is 2.42. The Bertz CT molecular complexity index is 1490. The van der Waals surface area contributed by atoms with Gasteiger partial charge in [-0.05, 0) is 80.2 Å². The third-order valence-electron chi connectivity index (χ3n) is 6.80. The van der Waals surface area contributed by atoms with Crippen LogP contribution in [0.4, 0.5) is 11.4 Å². The Balaban J connectivity index is 1.64. The molecule has 0 aliphatic carbocycles. The van der Waals surface area contributed by atoms with E-state index in [1.807, 2.05) is 54.7 Å². The first-order valence-corrected chi connectivity index (χ1v) is 12.9. The molecule has 1 amide bonds. The lowest BCUT2D eigenvalue weighted by Gasteiger charge is -2.29. The molecule has 0 spiro atoms. The molecule has 0 unspecified atom stereocenters. The van der Waals surface area contributed by atoms with Gasteiger partial charge in [-0.1, -0.05) is 6.07 Å². The second-order valence-electron chi connectivity index (χ2n) is 9.24. The van der Waals surface area contributed by atoms with E-state index in [4.69, 9.17) is 21.7 Å². The van der Waals surface area contributed by atoms with Gasteiger partial charge in [-0.2, -0.15) is 0 Å². The molecule has 5 rings (SSSR count). The van der Waals surface area contributed by atoms with Crippen LogP contribution in [-0.4, -0.2) is 46.4 Å². The number of aryl methyl sites for hydroxylation is 1. The van der Waals surface area contributed by atoms with Crippen molar-refractivity contribution in [1.29, 1.82) is 0 Å². The summed E-state index contributed by atoms with van der Waals surface area (Å²) in [5, 5.41) is 6.95. The third-order valence-corrected chi connectivity index (χ3v) is 7.12. The summed E-state index contributed by atoms with van der Waals surface area (Å²) in [6.07, 6.45) is 5.41. The normalized spacial score (nSPS) is 16.7. The molecule has 1 aromatic carbocycles. The van der Waals surface area contributed by atoms with Crippen molar-refractivity contribution in [3.8, 4) is 11.4 Å². The van der Waals surface area contributed by atoms with Crippen molar-refractivity contribution in [1.82, 2.24) is 19.9 Å².